The summed E-state index contributed by atoms with van der Waals surface area (Å²) in [5, 5.41) is 0. The van der Waals surface area contributed by atoms with Gasteiger partial charge in [0.05, 0.1) is 0 Å². The fraction of sp³-hybridized carbons (Fsp3) is 0. The summed E-state index contributed by atoms with van der Waals surface area (Å²) in [7, 11) is 0. The molecule has 0 aliphatic heterocycles. The van der Waals surface area contributed by atoms with Crippen molar-refractivity contribution < 1.29 is 4.19 Å². The van der Waals surface area contributed by atoms with Crippen molar-refractivity contribution in [3.05, 3.63) is 30.3 Å². The predicted molar refractivity (Wildman–Crippen MR) is 34.0 cm³/mol. The van der Waals surface area contributed by atoms with Crippen LogP contribution in [0.4, 0.5) is 0 Å². The fourth-order valence-electron chi connectivity index (χ4n) is 0.481. The third kappa shape index (κ3) is 1.34. The van der Waals surface area contributed by atoms with Crippen molar-refractivity contribution in [3.8, 4) is 0 Å². The van der Waals surface area contributed by atoms with Crippen molar-refractivity contribution in [1.29, 1.82) is 0 Å². The SMILES string of the molecule is O[Se]c1ccccc1. The van der Waals surface area contributed by atoms with E-state index < -0.39 is 0 Å². The Bertz CT molecular complexity index is 150. The Hall–Kier alpha value is -0.301. The monoisotopic (exact) mass is 174 g/mol. The molecule has 0 aromatic heterocycles. The molecule has 2 heteroatoms. The van der Waals surface area contributed by atoms with Crippen molar-refractivity contribution in [2.75, 3.05) is 0 Å². The second-order valence-electron chi connectivity index (χ2n) is 1.40. The second-order valence-corrected chi connectivity index (χ2v) is 2.78. The summed E-state index contributed by atoms with van der Waals surface area (Å²) in [4.78, 5) is 0. The van der Waals surface area contributed by atoms with E-state index in [1.54, 1.807) is 0 Å². The molecule has 8 heavy (non-hydrogen) atoms. The van der Waals surface area contributed by atoms with Crippen molar-refractivity contribution >= 4 is 19.7 Å². The molecule has 0 fully saturated rings. The second kappa shape index (κ2) is 2.88. The maximum atomic E-state index is 8.60. The van der Waals surface area contributed by atoms with Crippen molar-refractivity contribution in [2.45, 2.75) is 0 Å². The number of hydrogen-bond donors (Lipinski definition) is 1. The van der Waals surface area contributed by atoms with Crippen LogP contribution in [0.15, 0.2) is 30.3 Å². The van der Waals surface area contributed by atoms with Gasteiger partial charge in [-0.2, -0.15) is 0 Å². The molecule has 0 aliphatic rings. The first-order chi connectivity index (χ1) is 3.93. The summed E-state index contributed by atoms with van der Waals surface area (Å²) in [6, 6.07) is 9.62. The molecule has 0 unspecified atom stereocenters. The van der Waals surface area contributed by atoms with Gasteiger partial charge in [-0.05, 0) is 0 Å². The quantitative estimate of drug-likeness (QED) is 0.589. The van der Waals surface area contributed by atoms with Gasteiger partial charge in [-0.1, -0.05) is 0 Å². The zero-order valence-corrected chi connectivity index (χ0v) is 5.96. The van der Waals surface area contributed by atoms with Crippen LogP contribution in [0.3, 0.4) is 0 Å². The molecule has 0 saturated heterocycles. The van der Waals surface area contributed by atoms with Crippen molar-refractivity contribution in [2.24, 2.45) is 0 Å². The number of hydrogen-bond acceptors (Lipinski definition) is 1. The molecular weight excluding hydrogens is 167 g/mol. The Balaban J connectivity index is 2.83. The molecule has 0 saturated carbocycles. The third-order valence-electron chi connectivity index (χ3n) is 0.849. The van der Waals surface area contributed by atoms with Crippen LogP contribution in [0.25, 0.3) is 0 Å². The van der Waals surface area contributed by atoms with E-state index in [1.807, 2.05) is 30.3 Å². The van der Waals surface area contributed by atoms with Gasteiger partial charge >= 0.3 is 54.3 Å². The first-order valence-corrected chi connectivity index (χ1v) is 3.92. The molecule has 0 heterocycles. The van der Waals surface area contributed by atoms with Crippen LogP contribution < -0.4 is 4.46 Å². The van der Waals surface area contributed by atoms with Gasteiger partial charge in [0.2, 0.25) is 0 Å². The van der Waals surface area contributed by atoms with E-state index in [0.29, 0.717) is 0 Å². The number of rotatable bonds is 1. The Morgan fingerprint density at radius 1 is 1.12 bits per heavy atom. The van der Waals surface area contributed by atoms with Crippen LogP contribution in [0.1, 0.15) is 0 Å². The Kier molecular flexibility index (Phi) is 2.10. The summed E-state index contributed by atoms with van der Waals surface area (Å²) in [6.07, 6.45) is 0. The topological polar surface area (TPSA) is 20.2 Å². The molecule has 0 atom stereocenters. The maximum absolute atomic E-state index is 8.60. The van der Waals surface area contributed by atoms with Crippen LogP contribution in [-0.4, -0.2) is 19.5 Å². The molecule has 0 aliphatic carbocycles. The molecule has 1 aromatic carbocycles. The van der Waals surface area contributed by atoms with Crippen LogP contribution >= 0.6 is 0 Å². The first kappa shape index (κ1) is 5.83. The molecule has 42 valence electrons. The van der Waals surface area contributed by atoms with E-state index in [4.69, 9.17) is 4.19 Å². The normalized spacial score (nSPS) is 9.12. The summed E-state index contributed by atoms with van der Waals surface area (Å²) in [6.45, 7) is 0. The van der Waals surface area contributed by atoms with E-state index >= 15 is 0 Å². The molecule has 0 amide bonds. The van der Waals surface area contributed by atoms with Crippen LogP contribution in [0.2, 0.25) is 0 Å². The first-order valence-electron chi connectivity index (χ1n) is 2.30. The van der Waals surface area contributed by atoms with Gasteiger partial charge in [-0.15, -0.1) is 0 Å². The van der Waals surface area contributed by atoms with E-state index in [2.05, 4.69) is 0 Å². The van der Waals surface area contributed by atoms with Crippen molar-refractivity contribution in [1.82, 2.24) is 0 Å². The molecule has 1 nitrogen and oxygen atoms in total. The van der Waals surface area contributed by atoms with Gasteiger partial charge in [-0.25, -0.2) is 0 Å². The number of benzene rings is 1. The predicted octanol–water partition coefficient (Wildman–Crippen LogP) is -0.0766. The third-order valence-corrected chi connectivity index (χ3v) is 1.86. The molecule has 0 bridgehead atoms. The average Bonchev–Trinajstić information content (AvgIpc) is 1.90. The Morgan fingerprint density at radius 3 is 2.12 bits per heavy atom. The summed E-state index contributed by atoms with van der Waals surface area (Å²) >= 11 is -0.332. The molecule has 0 radical (unpaired) electrons. The fourth-order valence-corrected chi connectivity index (χ4v) is 1.07. The van der Waals surface area contributed by atoms with Gasteiger partial charge < -0.3 is 0 Å². The zero-order chi connectivity index (χ0) is 5.82. The van der Waals surface area contributed by atoms with E-state index in [9.17, 15) is 0 Å². The van der Waals surface area contributed by atoms with E-state index in [0.717, 1.165) is 4.46 Å². The molecule has 1 N–H and O–H groups in total. The van der Waals surface area contributed by atoms with E-state index in [1.165, 1.54) is 0 Å². The molecular formula is C6H6OSe. The van der Waals surface area contributed by atoms with Crippen molar-refractivity contribution in [3.63, 3.8) is 0 Å². The van der Waals surface area contributed by atoms with E-state index in [-0.39, 0.29) is 15.3 Å². The van der Waals surface area contributed by atoms with Gasteiger partial charge in [0.15, 0.2) is 0 Å². The minimum atomic E-state index is -0.332. The van der Waals surface area contributed by atoms with Crippen LogP contribution in [0.5, 0.6) is 0 Å². The summed E-state index contributed by atoms with van der Waals surface area (Å²) in [5.74, 6) is 0. The minimum absolute atomic E-state index is 0.332. The summed E-state index contributed by atoms with van der Waals surface area (Å²) < 4.78 is 9.63. The molecule has 1 aromatic rings. The van der Waals surface area contributed by atoms with Gasteiger partial charge in [-0.3, -0.25) is 0 Å². The summed E-state index contributed by atoms with van der Waals surface area (Å²) in [5.41, 5.74) is 0. The Morgan fingerprint density at radius 2 is 1.75 bits per heavy atom. The zero-order valence-electron chi connectivity index (χ0n) is 4.24. The van der Waals surface area contributed by atoms with Gasteiger partial charge in [0.1, 0.15) is 0 Å². The molecule has 1 rings (SSSR count). The van der Waals surface area contributed by atoms with Gasteiger partial charge in [0, 0.05) is 0 Å². The van der Waals surface area contributed by atoms with Gasteiger partial charge in [0.25, 0.3) is 0 Å². The molecule has 0 spiro atoms. The van der Waals surface area contributed by atoms with Crippen LogP contribution in [-0.2, 0) is 0 Å². The standard InChI is InChI=1S/C6H6OSe/c7-8-6-4-2-1-3-5-6/h1-5,7H. The Labute approximate surface area is 54.8 Å². The van der Waals surface area contributed by atoms with Crippen LogP contribution in [0, 0.1) is 0 Å². The average molecular weight is 173 g/mol.